The fourth-order valence-corrected chi connectivity index (χ4v) is 0.748. The average Bonchev–Trinajstić information content (AvgIpc) is 2.45. The zero-order valence-corrected chi connectivity index (χ0v) is 10.4. The minimum atomic E-state index is -1.02. The Bertz CT molecular complexity index is 350. The van der Waals surface area contributed by atoms with Gasteiger partial charge in [-0.3, -0.25) is 0 Å². The standard InChI is InChI=1S/C10H14O10/c11-1-2-17-8(14)4-19-10(16)6-20-9(15)5-18-7(13)3-12/h11-12H,1-6H2. The summed E-state index contributed by atoms with van der Waals surface area (Å²) in [6.07, 6.45) is 0. The third-order valence-corrected chi connectivity index (χ3v) is 1.54. The SMILES string of the molecule is O=C(CO)OCC(=O)OCC(=O)OCC(=O)OCCO. The molecular formula is C10H14O10. The van der Waals surface area contributed by atoms with E-state index in [9.17, 15) is 19.2 Å². The Hall–Kier alpha value is -2.20. The number of aliphatic hydroxyl groups excluding tert-OH is 2. The smallest absolute Gasteiger partial charge is 0.344 e. The molecule has 0 spiro atoms. The van der Waals surface area contributed by atoms with Crippen molar-refractivity contribution in [1.29, 1.82) is 0 Å². The molecule has 2 N–H and O–H groups in total. The van der Waals surface area contributed by atoms with Gasteiger partial charge in [0.2, 0.25) is 0 Å². The number of carbonyl (C=O) groups is 4. The molecule has 0 bridgehead atoms. The van der Waals surface area contributed by atoms with Crippen LogP contribution in [-0.4, -0.2) is 73.7 Å². The molecule has 0 rings (SSSR count). The number of hydrogen-bond donors (Lipinski definition) is 2. The molecule has 0 fully saturated rings. The Morgan fingerprint density at radius 2 is 1.05 bits per heavy atom. The van der Waals surface area contributed by atoms with E-state index >= 15 is 0 Å². The lowest BCUT2D eigenvalue weighted by Gasteiger charge is -2.06. The highest BCUT2D eigenvalue weighted by Crippen LogP contribution is 1.88. The van der Waals surface area contributed by atoms with Crippen molar-refractivity contribution >= 4 is 23.9 Å². The van der Waals surface area contributed by atoms with Crippen molar-refractivity contribution in [3.05, 3.63) is 0 Å². The molecule has 0 aliphatic rings. The van der Waals surface area contributed by atoms with Gasteiger partial charge in [-0.2, -0.15) is 0 Å². The summed E-state index contributed by atoms with van der Waals surface area (Å²) in [7, 11) is 0. The van der Waals surface area contributed by atoms with Gasteiger partial charge in [0.05, 0.1) is 6.61 Å². The van der Waals surface area contributed by atoms with E-state index in [4.69, 9.17) is 10.2 Å². The first kappa shape index (κ1) is 17.8. The molecule has 10 nitrogen and oxygen atoms in total. The van der Waals surface area contributed by atoms with E-state index in [1.807, 2.05) is 0 Å². The van der Waals surface area contributed by atoms with Gasteiger partial charge >= 0.3 is 23.9 Å². The van der Waals surface area contributed by atoms with Crippen LogP contribution >= 0.6 is 0 Å². The summed E-state index contributed by atoms with van der Waals surface area (Å²) in [5.74, 6) is -3.91. The third kappa shape index (κ3) is 9.79. The van der Waals surface area contributed by atoms with E-state index in [1.165, 1.54) is 0 Å². The van der Waals surface area contributed by atoms with Crippen LogP contribution in [0.25, 0.3) is 0 Å². The maximum Gasteiger partial charge on any atom is 0.344 e. The molecule has 20 heavy (non-hydrogen) atoms. The summed E-state index contributed by atoms with van der Waals surface area (Å²) >= 11 is 0. The maximum absolute atomic E-state index is 11.0. The molecule has 0 aromatic rings. The topological polar surface area (TPSA) is 146 Å². The fraction of sp³-hybridized carbons (Fsp3) is 0.600. The van der Waals surface area contributed by atoms with E-state index in [2.05, 4.69) is 18.9 Å². The third-order valence-electron chi connectivity index (χ3n) is 1.54. The van der Waals surface area contributed by atoms with E-state index < -0.39 is 50.3 Å². The Morgan fingerprint density at radius 1 is 0.650 bits per heavy atom. The second-order valence-electron chi connectivity index (χ2n) is 3.08. The lowest BCUT2D eigenvalue weighted by molar-refractivity contribution is -0.168. The number of aliphatic hydroxyl groups is 2. The number of carbonyl (C=O) groups excluding carboxylic acids is 4. The molecule has 10 heteroatoms. The first-order chi connectivity index (χ1) is 9.49. The zero-order chi connectivity index (χ0) is 15.4. The van der Waals surface area contributed by atoms with Crippen LogP contribution in [0.15, 0.2) is 0 Å². The van der Waals surface area contributed by atoms with Crippen LogP contribution in [0.4, 0.5) is 0 Å². The van der Waals surface area contributed by atoms with Crippen molar-refractivity contribution in [3.8, 4) is 0 Å². The summed E-state index contributed by atoms with van der Waals surface area (Å²) in [6, 6.07) is 0. The second-order valence-corrected chi connectivity index (χ2v) is 3.08. The van der Waals surface area contributed by atoms with Gasteiger partial charge < -0.3 is 29.2 Å². The van der Waals surface area contributed by atoms with Crippen LogP contribution in [0.5, 0.6) is 0 Å². The van der Waals surface area contributed by atoms with Crippen LogP contribution in [0.2, 0.25) is 0 Å². The minimum Gasteiger partial charge on any atom is -0.461 e. The summed E-state index contributed by atoms with van der Waals surface area (Å²) in [5, 5.41) is 16.6. The first-order valence-corrected chi connectivity index (χ1v) is 5.33. The molecule has 114 valence electrons. The highest BCUT2D eigenvalue weighted by atomic mass is 16.6. The normalized spacial score (nSPS) is 9.50. The molecule has 0 unspecified atom stereocenters. The lowest BCUT2D eigenvalue weighted by atomic mass is 10.6. The monoisotopic (exact) mass is 294 g/mol. The summed E-state index contributed by atoms with van der Waals surface area (Å²) in [4.78, 5) is 43.3. The Morgan fingerprint density at radius 3 is 1.45 bits per heavy atom. The van der Waals surface area contributed by atoms with Crippen molar-refractivity contribution in [1.82, 2.24) is 0 Å². The predicted molar refractivity (Wildman–Crippen MR) is 58.0 cm³/mol. The molecule has 0 atom stereocenters. The van der Waals surface area contributed by atoms with Gasteiger partial charge in [-0.25, -0.2) is 19.2 Å². The Kier molecular flexibility index (Phi) is 9.52. The molecule has 0 heterocycles. The molecule has 0 radical (unpaired) electrons. The molecule has 0 aromatic heterocycles. The van der Waals surface area contributed by atoms with Crippen molar-refractivity contribution in [2.24, 2.45) is 0 Å². The number of ether oxygens (including phenoxy) is 4. The average molecular weight is 294 g/mol. The van der Waals surface area contributed by atoms with Crippen molar-refractivity contribution < 1.29 is 48.3 Å². The van der Waals surface area contributed by atoms with Gasteiger partial charge in [0.15, 0.2) is 19.8 Å². The lowest BCUT2D eigenvalue weighted by Crippen LogP contribution is -2.24. The van der Waals surface area contributed by atoms with Crippen molar-refractivity contribution in [3.63, 3.8) is 0 Å². The molecule has 0 saturated carbocycles. The molecule has 0 aromatic carbocycles. The van der Waals surface area contributed by atoms with Crippen molar-refractivity contribution in [2.45, 2.75) is 0 Å². The van der Waals surface area contributed by atoms with Gasteiger partial charge in [0.1, 0.15) is 13.2 Å². The van der Waals surface area contributed by atoms with Crippen molar-refractivity contribution in [2.75, 3.05) is 39.6 Å². The van der Waals surface area contributed by atoms with Crippen LogP contribution in [0, 0.1) is 0 Å². The van der Waals surface area contributed by atoms with Gasteiger partial charge in [0.25, 0.3) is 0 Å². The van der Waals surface area contributed by atoms with Crippen LogP contribution < -0.4 is 0 Å². The quantitative estimate of drug-likeness (QED) is 0.336. The predicted octanol–water partition coefficient (Wildman–Crippen LogP) is -2.86. The fourth-order valence-electron chi connectivity index (χ4n) is 0.748. The van der Waals surface area contributed by atoms with E-state index in [-0.39, 0.29) is 13.2 Å². The zero-order valence-electron chi connectivity index (χ0n) is 10.4. The van der Waals surface area contributed by atoms with Gasteiger partial charge in [-0.1, -0.05) is 0 Å². The summed E-state index contributed by atoms with van der Waals surface area (Å²) in [6.45, 7) is -3.68. The Labute approximate surface area is 113 Å². The van der Waals surface area contributed by atoms with E-state index in [1.54, 1.807) is 0 Å². The van der Waals surface area contributed by atoms with Crippen LogP contribution in [0.1, 0.15) is 0 Å². The Balaban J connectivity index is 3.69. The highest BCUT2D eigenvalue weighted by molar-refractivity contribution is 5.80. The number of rotatable bonds is 9. The largest absolute Gasteiger partial charge is 0.461 e. The highest BCUT2D eigenvalue weighted by Gasteiger charge is 2.12. The maximum atomic E-state index is 11.0. The van der Waals surface area contributed by atoms with Gasteiger partial charge in [-0.15, -0.1) is 0 Å². The van der Waals surface area contributed by atoms with Crippen LogP contribution in [0.3, 0.4) is 0 Å². The molecule has 0 aliphatic heterocycles. The molecular weight excluding hydrogens is 280 g/mol. The minimum absolute atomic E-state index is 0.221. The summed E-state index contributed by atoms with van der Waals surface area (Å²) in [5.41, 5.74) is 0. The van der Waals surface area contributed by atoms with Crippen LogP contribution in [-0.2, 0) is 38.1 Å². The molecule has 0 saturated heterocycles. The van der Waals surface area contributed by atoms with E-state index in [0.717, 1.165) is 0 Å². The first-order valence-electron chi connectivity index (χ1n) is 5.33. The van der Waals surface area contributed by atoms with Gasteiger partial charge in [0, 0.05) is 0 Å². The molecule has 0 amide bonds. The summed E-state index contributed by atoms with van der Waals surface area (Å²) < 4.78 is 17.3. The molecule has 0 aliphatic carbocycles. The van der Waals surface area contributed by atoms with Gasteiger partial charge in [-0.05, 0) is 0 Å². The number of hydrogen-bond acceptors (Lipinski definition) is 10. The second kappa shape index (κ2) is 10.7. The van der Waals surface area contributed by atoms with E-state index in [0.29, 0.717) is 0 Å². The number of esters is 4.